The van der Waals surface area contributed by atoms with Crippen molar-refractivity contribution in [2.45, 2.75) is 19.3 Å². The maximum atomic E-state index is 5.67. The third kappa shape index (κ3) is 3.41. The molecule has 0 saturated carbocycles. The van der Waals surface area contributed by atoms with Gasteiger partial charge in [-0.15, -0.1) is 0 Å². The van der Waals surface area contributed by atoms with Gasteiger partial charge in [0, 0.05) is 38.2 Å². The van der Waals surface area contributed by atoms with Crippen LogP contribution in [0, 0.1) is 0 Å². The molecule has 8 bridgehead atoms. The fraction of sp³-hybridized carbons (Fsp3) is 0.0625. The highest BCUT2D eigenvalue weighted by atomic mass is 15.0. The van der Waals surface area contributed by atoms with Crippen molar-refractivity contribution < 1.29 is 0 Å². The maximum Gasteiger partial charge on any atom is 0.138 e. The molecule has 238 valence electrons. The van der Waals surface area contributed by atoms with Crippen molar-refractivity contribution in [3.63, 3.8) is 0 Å². The molecule has 5 heterocycles. The molecule has 13 rings (SSSR count). The summed E-state index contributed by atoms with van der Waals surface area (Å²) < 4.78 is 4.87. The minimum atomic E-state index is -0.239. The van der Waals surface area contributed by atoms with Gasteiger partial charge in [-0.25, -0.2) is 4.98 Å². The highest BCUT2D eigenvalue weighted by Crippen LogP contribution is 2.51. The first-order valence-electron chi connectivity index (χ1n) is 17.8. The summed E-state index contributed by atoms with van der Waals surface area (Å²) in [7, 11) is 0. The zero-order chi connectivity index (χ0) is 33.6. The molecular formula is C48H31N3. The molecule has 3 heteroatoms. The number of hydrogen-bond acceptors (Lipinski definition) is 1. The Labute approximate surface area is 293 Å². The van der Waals surface area contributed by atoms with E-state index in [0.29, 0.717) is 0 Å². The molecule has 1 aliphatic rings. The van der Waals surface area contributed by atoms with Gasteiger partial charge in [0.05, 0.1) is 27.8 Å². The zero-order valence-electron chi connectivity index (χ0n) is 28.3. The molecule has 51 heavy (non-hydrogen) atoms. The van der Waals surface area contributed by atoms with Crippen molar-refractivity contribution in [2.75, 3.05) is 0 Å². The summed E-state index contributed by atoms with van der Waals surface area (Å²) >= 11 is 0. The van der Waals surface area contributed by atoms with E-state index in [1.54, 1.807) is 0 Å². The molecule has 0 spiro atoms. The van der Waals surface area contributed by atoms with Crippen LogP contribution < -0.4 is 0 Å². The van der Waals surface area contributed by atoms with E-state index >= 15 is 0 Å². The summed E-state index contributed by atoms with van der Waals surface area (Å²) in [5.41, 5.74) is 11.5. The van der Waals surface area contributed by atoms with Gasteiger partial charge in [-0.05, 0) is 92.0 Å². The fourth-order valence-electron chi connectivity index (χ4n) is 9.61. The van der Waals surface area contributed by atoms with E-state index in [4.69, 9.17) is 4.98 Å². The van der Waals surface area contributed by atoms with E-state index < -0.39 is 0 Å². The summed E-state index contributed by atoms with van der Waals surface area (Å²) in [6, 6.07) is 56.4. The lowest BCUT2D eigenvalue weighted by atomic mass is 9.81. The Morgan fingerprint density at radius 3 is 2.14 bits per heavy atom. The number of pyridine rings is 1. The monoisotopic (exact) mass is 649 g/mol. The second-order valence-electron chi connectivity index (χ2n) is 14.8. The average molecular weight is 650 g/mol. The van der Waals surface area contributed by atoms with Gasteiger partial charge in [0.1, 0.15) is 5.65 Å². The van der Waals surface area contributed by atoms with E-state index in [-0.39, 0.29) is 5.41 Å². The van der Waals surface area contributed by atoms with Gasteiger partial charge >= 0.3 is 0 Å². The number of hydrogen-bond donors (Lipinski definition) is 0. The van der Waals surface area contributed by atoms with Gasteiger partial charge in [0.15, 0.2) is 0 Å². The number of rotatable bonds is 1. The SMILES string of the molecule is CC1(C)c2ccccc2-c2nc3cc(c21)c1cccc2c1c1ccc(cc1n2-c1ccccc1)c1cccc2cc4c5ccccc5n3c4cc21. The quantitative estimate of drug-likeness (QED) is 0.173. The molecule has 0 fully saturated rings. The predicted octanol–water partition coefficient (Wildman–Crippen LogP) is 12.5. The highest BCUT2D eigenvalue weighted by molar-refractivity contribution is 6.24. The molecule has 0 aliphatic heterocycles. The van der Waals surface area contributed by atoms with Crippen molar-refractivity contribution in [3.05, 3.63) is 163 Å². The third-order valence-corrected chi connectivity index (χ3v) is 11.8. The fourth-order valence-corrected chi connectivity index (χ4v) is 9.61. The Hall–Kier alpha value is -6.45. The van der Waals surface area contributed by atoms with Crippen LogP contribution in [0.15, 0.2) is 152 Å². The molecule has 0 saturated heterocycles. The number of benzene rings is 7. The van der Waals surface area contributed by atoms with Gasteiger partial charge in [-0.2, -0.15) is 0 Å². The first-order chi connectivity index (χ1) is 25.1. The van der Waals surface area contributed by atoms with Crippen LogP contribution in [0.25, 0.3) is 98.5 Å². The number of fused-ring (bicyclic) bond motifs is 6. The summed E-state index contributed by atoms with van der Waals surface area (Å²) in [5, 5.41) is 12.4. The lowest BCUT2D eigenvalue weighted by Crippen LogP contribution is -2.15. The normalized spacial score (nSPS) is 13.8. The topological polar surface area (TPSA) is 22.2 Å². The second kappa shape index (κ2) is 9.41. The number of aromatic nitrogens is 3. The summed E-state index contributed by atoms with van der Waals surface area (Å²) in [4.78, 5) is 5.67. The Kier molecular flexibility index (Phi) is 5.05. The first kappa shape index (κ1) is 27.4. The number of nitrogens with zero attached hydrogens (tertiary/aromatic N) is 3. The van der Waals surface area contributed by atoms with Crippen LogP contribution in [0.4, 0.5) is 0 Å². The molecular weight excluding hydrogens is 619 g/mol. The Balaban J connectivity index is 1.45. The van der Waals surface area contributed by atoms with Gasteiger partial charge in [0.25, 0.3) is 0 Å². The van der Waals surface area contributed by atoms with E-state index in [2.05, 4.69) is 174 Å². The molecule has 0 unspecified atom stereocenters. The largest absolute Gasteiger partial charge is 0.309 e. The zero-order valence-corrected chi connectivity index (χ0v) is 28.3. The van der Waals surface area contributed by atoms with E-state index in [1.807, 2.05) is 0 Å². The molecule has 0 atom stereocenters. The van der Waals surface area contributed by atoms with Gasteiger partial charge in [0.2, 0.25) is 0 Å². The third-order valence-electron chi connectivity index (χ3n) is 11.8. The van der Waals surface area contributed by atoms with Crippen LogP contribution in [0.5, 0.6) is 0 Å². The molecule has 0 radical (unpaired) electrons. The van der Waals surface area contributed by atoms with Crippen molar-refractivity contribution in [1.29, 1.82) is 0 Å². The van der Waals surface area contributed by atoms with Crippen LogP contribution in [0.1, 0.15) is 25.0 Å². The molecule has 0 N–H and O–H groups in total. The van der Waals surface area contributed by atoms with Crippen molar-refractivity contribution in [1.82, 2.24) is 14.0 Å². The van der Waals surface area contributed by atoms with Gasteiger partial charge in [-0.3, -0.25) is 4.40 Å². The smallest absolute Gasteiger partial charge is 0.138 e. The van der Waals surface area contributed by atoms with Crippen LogP contribution in [0.3, 0.4) is 0 Å². The van der Waals surface area contributed by atoms with Gasteiger partial charge in [-0.1, -0.05) is 117 Å². The van der Waals surface area contributed by atoms with Crippen LogP contribution in [-0.2, 0) is 5.41 Å². The summed E-state index contributed by atoms with van der Waals surface area (Å²) in [5.74, 6) is 0. The van der Waals surface area contributed by atoms with Gasteiger partial charge < -0.3 is 4.57 Å². The average Bonchev–Trinajstić information content (AvgIpc) is 3.76. The Morgan fingerprint density at radius 2 is 1.22 bits per heavy atom. The van der Waals surface area contributed by atoms with Crippen molar-refractivity contribution in [2.24, 2.45) is 0 Å². The van der Waals surface area contributed by atoms with Crippen LogP contribution in [-0.4, -0.2) is 14.0 Å². The molecule has 7 aromatic carbocycles. The lowest BCUT2D eigenvalue weighted by Gasteiger charge is -2.22. The van der Waals surface area contributed by atoms with Crippen LogP contribution >= 0.6 is 0 Å². The van der Waals surface area contributed by atoms with Crippen molar-refractivity contribution >= 4 is 81.6 Å². The lowest BCUT2D eigenvalue weighted by molar-refractivity contribution is 0.665. The predicted molar refractivity (Wildman–Crippen MR) is 215 cm³/mol. The van der Waals surface area contributed by atoms with E-state index in [0.717, 1.165) is 17.0 Å². The Bertz CT molecular complexity index is 3320. The first-order valence-corrected chi connectivity index (χ1v) is 17.8. The highest BCUT2D eigenvalue weighted by Gasteiger charge is 2.38. The minimum Gasteiger partial charge on any atom is -0.309 e. The minimum absolute atomic E-state index is 0.239. The summed E-state index contributed by atoms with van der Waals surface area (Å²) in [6.45, 7) is 4.74. The number of para-hydroxylation sites is 2. The van der Waals surface area contributed by atoms with E-state index in [1.165, 1.54) is 92.6 Å². The molecule has 3 nitrogen and oxygen atoms in total. The molecule has 5 aromatic heterocycles. The summed E-state index contributed by atoms with van der Waals surface area (Å²) in [6.07, 6.45) is 0. The van der Waals surface area contributed by atoms with Crippen LogP contribution in [0.2, 0.25) is 0 Å². The Morgan fingerprint density at radius 1 is 0.471 bits per heavy atom. The second-order valence-corrected chi connectivity index (χ2v) is 14.8. The van der Waals surface area contributed by atoms with Crippen molar-refractivity contribution in [3.8, 4) is 16.9 Å². The molecule has 1 aliphatic carbocycles. The molecule has 12 aromatic rings. The van der Waals surface area contributed by atoms with E-state index in [9.17, 15) is 0 Å². The molecule has 0 amide bonds. The maximum absolute atomic E-state index is 5.67. The standard InChI is InChI=1S/C48H31N3/c1-48(2)39-19-8-6-16-34(39)47-46(48)38-27-44(49-47)51-40-20-9-7-15-32(40)37-24-28-12-10-17-31(36(28)26-43(37)51)29-22-23-35-42(25-29)50(30-13-4-3-5-14-30)41-21-11-18-33(38)45(35)41/h3-27H,1-2H3.